The molecule has 3 heteroatoms. The van der Waals surface area contributed by atoms with Crippen LogP contribution in [0.3, 0.4) is 0 Å². The molecule has 0 amide bonds. The summed E-state index contributed by atoms with van der Waals surface area (Å²) >= 11 is 0. The molecule has 1 N–H and O–H groups in total. The number of aliphatic hydroxyl groups excluding tert-OH is 1. The Bertz CT molecular complexity index is 265. The van der Waals surface area contributed by atoms with Gasteiger partial charge in [0.25, 0.3) is 0 Å². The van der Waals surface area contributed by atoms with Gasteiger partial charge in [0.1, 0.15) is 6.23 Å². The molecule has 1 saturated carbocycles. The molecule has 2 rings (SSSR count). The number of aliphatic hydroxyl groups is 1. The molecule has 0 aromatic rings. The summed E-state index contributed by atoms with van der Waals surface area (Å²) in [6.45, 7) is 8.20. The third-order valence-corrected chi connectivity index (χ3v) is 3.50. The molecule has 2 nitrogen and oxygen atoms in total. The Labute approximate surface area is 122 Å². The van der Waals surface area contributed by atoms with E-state index in [2.05, 4.69) is 18.7 Å². The van der Waals surface area contributed by atoms with E-state index in [9.17, 15) is 0 Å². The van der Waals surface area contributed by atoms with E-state index in [0.717, 1.165) is 25.4 Å². The summed E-state index contributed by atoms with van der Waals surface area (Å²) in [6.07, 6.45) is 5.82. The van der Waals surface area contributed by atoms with Gasteiger partial charge in [-0.3, -0.25) is 4.90 Å². The van der Waals surface area contributed by atoms with Gasteiger partial charge in [0.15, 0.2) is 0 Å². The van der Waals surface area contributed by atoms with Crippen molar-refractivity contribution in [1.29, 1.82) is 0 Å². The molecule has 1 aliphatic heterocycles. The number of hydrogen-bond acceptors (Lipinski definition) is 2. The summed E-state index contributed by atoms with van der Waals surface area (Å²) in [4.78, 5) is 2.11. The van der Waals surface area contributed by atoms with Gasteiger partial charge in [0.05, 0.1) is 0 Å². The molecule has 2 aliphatic rings. The van der Waals surface area contributed by atoms with E-state index in [1.807, 2.05) is 0 Å². The maximum Gasteiger partial charge on any atom is 0.120 e. The zero-order valence-corrected chi connectivity index (χ0v) is 13.9. The Balaban J connectivity index is 0.00000128. The molecular formula is C13H22NNpO-. The minimum atomic E-state index is -0.131. The van der Waals surface area contributed by atoms with Crippen molar-refractivity contribution in [3.05, 3.63) is 18.1 Å². The summed E-state index contributed by atoms with van der Waals surface area (Å²) in [7, 11) is 0. The van der Waals surface area contributed by atoms with Gasteiger partial charge in [-0.05, 0) is 25.2 Å². The predicted octanol–water partition coefficient (Wildman–Crippen LogP) is 2.35. The second-order valence-electron chi connectivity index (χ2n) is 4.92. The Morgan fingerprint density at radius 1 is 1.50 bits per heavy atom. The Morgan fingerprint density at radius 3 is 2.56 bits per heavy atom. The van der Waals surface area contributed by atoms with Crippen LogP contribution in [0.1, 0.15) is 39.0 Å². The minimum Gasteiger partial charge on any atom is -0.377 e. The Kier molecular flexibility index (Phi) is 6.04. The summed E-state index contributed by atoms with van der Waals surface area (Å²) in [5.41, 5.74) is 3.36. The summed E-state index contributed by atoms with van der Waals surface area (Å²) < 4.78 is 0. The molecule has 2 fully saturated rings. The fourth-order valence-electron chi connectivity index (χ4n) is 2.32. The van der Waals surface area contributed by atoms with Gasteiger partial charge < -0.3 is 12.0 Å². The van der Waals surface area contributed by atoms with Crippen LogP contribution < -0.4 is 0 Å². The maximum atomic E-state index is 9.16. The molecule has 3 atom stereocenters. The van der Waals surface area contributed by atoms with E-state index in [1.54, 1.807) is 11.1 Å². The van der Waals surface area contributed by atoms with Gasteiger partial charge in [-0.15, -0.1) is 0 Å². The van der Waals surface area contributed by atoms with Gasteiger partial charge in [-0.1, -0.05) is 24.5 Å². The monoisotopic (exact) mass is 444 g/mol. The van der Waals surface area contributed by atoms with E-state index in [4.69, 9.17) is 5.11 Å². The molecule has 0 aromatic carbocycles. The molecule has 0 spiro atoms. The number of allylic oxidation sites excluding steroid dienone is 2. The van der Waals surface area contributed by atoms with E-state index < -0.39 is 0 Å². The molecule has 1 radical (unpaired) electrons. The molecule has 1 saturated heterocycles. The standard InChI is InChI=1S/C13H22NO.Np/c1-3-5-11(12-8-10(12)2)6-4-7-14-9-13(14)15;/h10,13,15H,1,3-9H2,2H3;/q-1;/b12-11+;. The quantitative estimate of drug-likeness (QED) is 0.386. The average molecular weight is 445 g/mol. The van der Waals surface area contributed by atoms with Gasteiger partial charge in [0, 0.05) is 43.0 Å². The number of hydrogen-bond donors (Lipinski definition) is 1. The average Bonchev–Trinajstić information content (AvgIpc) is 3.06. The number of nitrogens with zero attached hydrogens (tertiary/aromatic N) is 1. The number of rotatable bonds is 6. The predicted molar refractivity (Wildman–Crippen MR) is 62.2 cm³/mol. The molecule has 3 unspecified atom stereocenters. The first kappa shape index (κ1) is 14.7. The topological polar surface area (TPSA) is 23.2 Å². The van der Waals surface area contributed by atoms with Gasteiger partial charge in [-0.2, -0.15) is 6.42 Å². The van der Waals surface area contributed by atoms with Crippen LogP contribution >= 0.6 is 0 Å². The van der Waals surface area contributed by atoms with E-state index in [0.29, 0.717) is 0 Å². The SMILES string of the molecule is [CH2-]CC/C(CCCN1CC1O)=C1/CC1C.[Np]. The Hall–Kier alpha value is 0.673. The van der Waals surface area contributed by atoms with Crippen LogP contribution in [0.15, 0.2) is 11.1 Å². The third kappa shape index (κ3) is 4.16. The number of β-amino-alcohol motifs (C(OH)–C–C–N with tert-alkyl or cyclic N) is 1. The summed E-state index contributed by atoms with van der Waals surface area (Å²) in [6, 6.07) is 0. The van der Waals surface area contributed by atoms with Gasteiger partial charge in [0.2, 0.25) is 0 Å². The fraction of sp³-hybridized carbons (Fsp3) is 0.769. The van der Waals surface area contributed by atoms with E-state index in [1.165, 1.54) is 25.7 Å². The largest absolute Gasteiger partial charge is 0.377 e. The van der Waals surface area contributed by atoms with Crippen molar-refractivity contribution in [3.8, 4) is 0 Å². The zero-order chi connectivity index (χ0) is 10.8. The normalized spacial score (nSPS) is 34.3. The molecule has 0 aromatic heterocycles. The van der Waals surface area contributed by atoms with Crippen molar-refractivity contribution in [2.45, 2.75) is 45.3 Å². The third-order valence-electron chi connectivity index (χ3n) is 3.50. The molecule has 1 aliphatic carbocycles. The Morgan fingerprint density at radius 2 is 2.12 bits per heavy atom. The van der Waals surface area contributed by atoms with Crippen LogP contribution in [-0.2, 0) is 0 Å². The van der Waals surface area contributed by atoms with Crippen LogP contribution in [-0.4, -0.2) is 29.3 Å². The zero-order valence-electron chi connectivity index (χ0n) is 10.2. The van der Waals surface area contributed by atoms with Crippen LogP contribution in [0.2, 0.25) is 0 Å². The van der Waals surface area contributed by atoms with E-state index >= 15 is 0 Å². The van der Waals surface area contributed by atoms with Gasteiger partial charge in [-0.25, -0.2) is 0 Å². The van der Waals surface area contributed by atoms with Crippen LogP contribution in [0.4, 0.5) is 0 Å². The smallest absolute Gasteiger partial charge is 0.120 e. The van der Waals surface area contributed by atoms with Crippen molar-refractivity contribution in [2.24, 2.45) is 5.92 Å². The summed E-state index contributed by atoms with van der Waals surface area (Å²) in [5, 5.41) is 9.16. The van der Waals surface area contributed by atoms with Crippen molar-refractivity contribution >= 4 is 0 Å². The molecule has 1 heterocycles. The van der Waals surface area contributed by atoms with E-state index in [-0.39, 0.29) is 36.2 Å². The van der Waals surface area contributed by atoms with Crippen LogP contribution in [0.5, 0.6) is 0 Å². The molecule has 91 valence electrons. The maximum absolute atomic E-state index is 9.16. The first-order chi connectivity index (χ1) is 7.22. The van der Waals surface area contributed by atoms with Crippen molar-refractivity contribution in [3.63, 3.8) is 0 Å². The van der Waals surface area contributed by atoms with Crippen molar-refractivity contribution in [2.75, 3.05) is 13.1 Å². The first-order valence-corrected chi connectivity index (χ1v) is 6.14. The van der Waals surface area contributed by atoms with Crippen LogP contribution in [0, 0.1) is 42.8 Å². The molecule has 0 bridgehead atoms. The minimum absolute atomic E-state index is 0. The molecule has 16 heavy (non-hydrogen) atoms. The fourth-order valence-corrected chi connectivity index (χ4v) is 2.32. The van der Waals surface area contributed by atoms with Gasteiger partial charge >= 0.3 is 0 Å². The van der Waals surface area contributed by atoms with Crippen LogP contribution in [0.25, 0.3) is 0 Å². The second-order valence-corrected chi connectivity index (χ2v) is 4.92. The van der Waals surface area contributed by atoms with Crippen molar-refractivity contribution in [1.82, 2.24) is 4.90 Å². The first-order valence-electron chi connectivity index (χ1n) is 6.14. The second kappa shape index (κ2) is 6.56. The van der Waals surface area contributed by atoms with Crippen molar-refractivity contribution < 1.29 is 35.0 Å². The summed E-state index contributed by atoms with van der Waals surface area (Å²) in [5.74, 6) is 0.846. The molecular weight excluding hydrogens is 423 g/mol.